The molecule has 1 amide bonds. The summed E-state index contributed by atoms with van der Waals surface area (Å²) in [6.07, 6.45) is 0. The summed E-state index contributed by atoms with van der Waals surface area (Å²) < 4.78 is 12.4. The molecular formula is C32H36N2O4. The summed E-state index contributed by atoms with van der Waals surface area (Å²) in [5, 5.41) is 4.22. The van der Waals surface area contributed by atoms with Crippen molar-refractivity contribution in [1.29, 1.82) is 0 Å². The number of hydrogen-bond donors (Lipinski definition) is 1. The Hall–Kier alpha value is -4.06. The van der Waals surface area contributed by atoms with Crippen LogP contribution in [0.5, 0.6) is 5.75 Å². The lowest BCUT2D eigenvalue weighted by Crippen LogP contribution is -2.26. The van der Waals surface area contributed by atoms with Crippen LogP contribution in [0.2, 0.25) is 0 Å². The second-order valence-corrected chi connectivity index (χ2v) is 10.1. The van der Waals surface area contributed by atoms with Crippen molar-refractivity contribution < 1.29 is 19.1 Å². The number of nitrogens with one attached hydrogen (secondary N) is 1. The first kappa shape index (κ1) is 27.0. The molecule has 0 aliphatic carbocycles. The van der Waals surface area contributed by atoms with Gasteiger partial charge >= 0.3 is 5.97 Å². The van der Waals surface area contributed by atoms with Gasteiger partial charge in [-0.1, -0.05) is 50.2 Å². The Labute approximate surface area is 224 Å². The SMILES string of the molecule is COC(=O)COc1cccc(Cn2c(C)c(C)c3cc(C(=O)N[C@@H](C)c4cccc(C(C)C)c4)ccc32)c1. The molecule has 1 atom stereocenters. The van der Waals surface area contributed by atoms with E-state index in [0.717, 1.165) is 33.3 Å². The fourth-order valence-corrected chi connectivity index (χ4v) is 4.66. The highest BCUT2D eigenvalue weighted by atomic mass is 16.6. The number of fused-ring (bicyclic) bond motifs is 1. The average molecular weight is 513 g/mol. The average Bonchev–Trinajstić information content (AvgIpc) is 3.16. The van der Waals surface area contributed by atoms with E-state index in [2.05, 4.69) is 66.6 Å². The van der Waals surface area contributed by atoms with Gasteiger partial charge in [0.05, 0.1) is 13.2 Å². The number of amides is 1. The first-order valence-electron chi connectivity index (χ1n) is 13.0. The van der Waals surface area contributed by atoms with Crippen molar-refractivity contribution in [2.24, 2.45) is 0 Å². The van der Waals surface area contributed by atoms with Gasteiger partial charge in [0.2, 0.25) is 0 Å². The fourth-order valence-electron chi connectivity index (χ4n) is 4.66. The number of aromatic nitrogens is 1. The Morgan fingerprint density at radius 2 is 1.66 bits per heavy atom. The summed E-state index contributed by atoms with van der Waals surface area (Å²) in [7, 11) is 1.34. The minimum atomic E-state index is -0.420. The molecule has 0 saturated carbocycles. The van der Waals surface area contributed by atoms with Gasteiger partial charge in [0.15, 0.2) is 6.61 Å². The molecule has 3 aromatic carbocycles. The first-order chi connectivity index (χ1) is 18.2. The number of methoxy groups -OCH3 is 1. The lowest BCUT2D eigenvalue weighted by molar-refractivity contribution is -0.142. The van der Waals surface area contributed by atoms with Crippen LogP contribution < -0.4 is 10.1 Å². The molecule has 198 valence electrons. The van der Waals surface area contributed by atoms with Gasteiger partial charge in [0.1, 0.15) is 5.75 Å². The molecule has 0 unspecified atom stereocenters. The molecular weight excluding hydrogens is 476 g/mol. The van der Waals surface area contributed by atoms with Gasteiger partial charge in [-0.15, -0.1) is 0 Å². The first-order valence-corrected chi connectivity index (χ1v) is 13.0. The lowest BCUT2D eigenvalue weighted by atomic mass is 9.98. The van der Waals surface area contributed by atoms with Crippen molar-refractivity contribution in [2.75, 3.05) is 13.7 Å². The number of esters is 1. The van der Waals surface area contributed by atoms with E-state index >= 15 is 0 Å². The normalized spacial score (nSPS) is 12.0. The third kappa shape index (κ3) is 5.91. The van der Waals surface area contributed by atoms with Crippen molar-refractivity contribution in [2.45, 2.75) is 53.1 Å². The maximum Gasteiger partial charge on any atom is 0.343 e. The Kier molecular flexibility index (Phi) is 8.20. The minimum Gasteiger partial charge on any atom is -0.482 e. The smallest absolute Gasteiger partial charge is 0.343 e. The van der Waals surface area contributed by atoms with E-state index in [1.807, 2.05) is 49.4 Å². The highest BCUT2D eigenvalue weighted by Gasteiger charge is 2.17. The minimum absolute atomic E-state index is 0.0883. The van der Waals surface area contributed by atoms with E-state index in [1.54, 1.807) is 0 Å². The zero-order valence-corrected chi connectivity index (χ0v) is 23.0. The molecule has 0 radical (unpaired) electrons. The highest BCUT2D eigenvalue weighted by molar-refractivity contribution is 5.99. The van der Waals surface area contributed by atoms with Gasteiger partial charge < -0.3 is 19.4 Å². The monoisotopic (exact) mass is 512 g/mol. The van der Waals surface area contributed by atoms with Crippen LogP contribution in [0.4, 0.5) is 0 Å². The quantitative estimate of drug-likeness (QED) is 0.261. The van der Waals surface area contributed by atoms with Crippen LogP contribution in [0.3, 0.4) is 0 Å². The molecule has 4 aromatic rings. The summed E-state index contributed by atoms with van der Waals surface area (Å²) in [5.74, 6) is 0.544. The van der Waals surface area contributed by atoms with E-state index in [4.69, 9.17) is 4.74 Å². The lowest BCUT2D eigenvalue weighted by Gasteiger charge is -2.16. The van der Waals surface area contributed by atoms with Gasteiger partial charge in [-0.3, -0.25) is 4.79 Å². The standard InChI is InChI=1S/C32H36N2O4/c1-20(2)25-10-8-11-26(16-25)22(4)33-32(36)27-13-14-30-29(17-27)21(3)23(5)34(30)18-24-9-7-12-28(15-24)38-19-31(35)37-6/h7-17,20,22H,18-19H2,1-6H3,(H,33,36)/t22-/m0/s1. The van der Waals surface area contributed by atoms with Crippen LogP contribution in [0.15, 0.2) is 66.7 Å². The number of carbonyl (C=O) groups excluding carboxylic acids is 2. The molecule has 0 bridgehead atoms. The number of ether oxygens (including phenoxy) is 2. The van der Waals surface area contributed by atoms with E-state index in [-0.39, 0.29) is 18.6 Å². The van der Waals surface area contributed by atoms with Gasteiger partial charge in [0, 0.05) is 28.7 Å². The largest absolute Gasteiger partial charge is 0.482 e. The molecule has 38 heavy (non-hydrogen) atoms. The Morgan fingerprint density at radius 1 is 0.921 bits per heavy atom. The second kappa shape index (κ2) is 11.5. The third-order valence-corrected chi connectivity index (χ3v) is 7.15. The summed E-state index contributed by atoms with van der Waals surface area (Å²) in [6.45, 7) is 11.1. The van der Waals surface area contributed by atoms with Gasteiger partial charge in [-0.25, -0.2) is 4.79 Å². The van der Waals surface area contributed by atoms with Crippen molar-refractivity contribution in [3.63, 3.8) is 0 Å². The topological polar surface area (TPSA) is 69.6 Å². The van der Waals surface area contributed by atoms with E-state index in [0.29, 0.717) is 23.8 Å². The van der Waals surface area contributed by atoms with Crippen molar-refractivity contribution in [1.82, 2.24) is 9.88 Å². The molecule has 0 fully saturated rings. The zero-order chi connectivity index (χ0) is 27.4. The molecule has 6 heteroatoms. The number of aryl methyl sites for hydroxylation is 1. The van der Waals surface area contributed by atoms with E-state index < -0.39 is 5.97 Å². The molecule has 1 aromatic heterocycles. The number of rotatable bonds is 9. The Balaban J connectivity index is 1.54. The van der Waals surface area contributed by atoms with Gasteiger partial charge in [-0.2, -0.15) is 0 Å². The predicted molar refractivity (Wildman–Crippen MR) is 151 cm³/mol. The Bertz CT molecular complexity index is 1470. The van der Waals surface area contributed by atoms with Crippen LogP contribution in [-0.2, 0) is 16.1 Å². The number of hydrogen-bond acceptors (Lipinski definition) is 4. The second-order valence-electron chi connectivity index (χ2n) is 10.1. The number of carbonyl (C=O) groups is 2. The van der Waals surface area contributed by atoms with Crippen molar-refractivity contribution >= 4 is 22.8 Å². The van der Waals surface area contributed by atoms with Crippen molar-refractivity contribution in [3.8, 4) is 5.75 Å². The molecule has 0 spiro atoms. The molecule has 1 heterocycles. The third-order valence-electron chi connectivity index (χ3n) is 7.15. The van der Waals surface area contributed by atoms with Crippen LogP contribution in [0, 0.1) is 13.8 Å². The number of benzene rings is 3. The molecule has 1 N–H and O–H groups in total. The molecule has 0 aliphatic rings. The number of nitrogens with zero attached hydrogens (tertiary/aromatic N) is 1. The van der Waals surface area contributed by atoms with Gasteiger partial charge in [0.25, 0.3) is 5.91 Å². The molecule has 0 saturated heterocycles. The highest BCUT2D eigenvalue weighted by Crippen LogP contribution is 2.28. The maximum atomic E-state index is 13.2. The van der Waals surface area contributed by atoms with E-state index in [9.17, 15) is 9.59 Å². The van der Waals surface area contributed by atoms with E-state index in [1.165, 1.54) is 12.7 Å². The Morgan fingerprint density at radius 3 is 2.39 bits per heavy atom. The summed E-state index contributed by atoms with van der Waals surface area (Å²) in [6, 6.07) is 21.9. The molecule has 6 nitrogen and oxygen atoms in total. The summed E-state index contributed by atoms with van der Waals surface area (Å²) in [5.41, 5.74) is 7.40. The zero-order valence-electron chi connectivity index (χ0n) is 23.0. The van der Waals surface area contributed by atoms with Crippen LogP contribution >= 0.6 is 0 Å². The predicted octanol–water partition coefficient (Wildman–Crippen LogP) is 6.47. The van der Waals surface area contributed by atoms with Gasteiger partial charge in [-0.05, 0) is 79.3 Å². The van der Waals surface area contributed by atoms with Crippen molar-refractivity contribution in [3.05, 3.63) is 100 Å². The van der Waals surface area contributed by atoms with Crippen LogP contribution in [0.1, 0.15) is 71.0 Å². The molecule has 4 rings (SSSR count). The maximum absolute atomic E-state index is 13.2. The van der Waals surface area contributed by atoms with Crippen LogP contribution in [-0.4, -0.2) is 30.2 Å². The van der Waals surface area contributed by atoms with Crippen LogP contribution in [0.25, 0.3) is 10.9 Å². The molecule has 0 aliphatic heterocycles. The summed E-state index contributed by atoms with van der Waals surface area (Å²) in [4.78, 5) is 24.6. The fraction of sp³-hybridized carbons (Fsp3) is 0.312. The summed E-state index contributed by atoms with van der Waals surface area (Å²) >= 11 is 0.